The van der Waals surface area contributed by atoms with Crippen LogP contribution in [0.2, 0.25) is 0 Å². The van der Waals surface area contributed by atoms with Gasteiger partial charge in [-0.1, -0.05) is 74.5 Å². The van der Waals surface area contributed by atoms with E-state index in [4.69, 9.17) is 0 Å². The van der Waals surface area contributed by atoms with Crippen molar-refractivity contribution in [3.63, 3.8) is 0 Å². The van der Waals surface area contributed by atoms with Crippen molar-refractivity contribution in [1.82, 2.24) is 15.5 Å². The van der Waals surface area contributed by atoms with E-state index in [1.54, 1.807) is 6.92 Å². The Labute approximate surface area is 203 Å². The Bertz CT molecular complexity index is 1020. The minimum absolute atomic E-state index is 0.0583. The van der Waals surface area contributed by atoms with Gasteiger partial charge in [0.05, 0.1) is 6.04 Å². The van der Waals surface area contributed by atoms with Gasteiger partial charge in [0.1, 0.15) is 11.3 Å². The molecule has 5 heteroatoms. The van der Waals surface area contributed by atoms with Crippen molar-refractivity contribution >= 4 is 11.7 Å². The molecule has 0 aromatic heterocycles. The number of amides is 1. The molecule has 3 aliphatic heterocycles. The molecule has 3 heterocycles. The van der Waals surface area contributed by atoms with Crippen LogP contribution in [0.5, 0.6) is 0 Å². The largest absolute Gasteiger partial charge is 0.350 e. The van der Waals surface area contributed by atoms with Crippen molar-refractivity contribution in [2.45, 2.75) is 64.3 Å². The van der Waals surface area contributed by atoms with Gasteiger partial charge in [0.25, 0.3) is 0 Å². The van der Waals surface area contributed by atoms with E-state index in [1.165, 1.54) is 5.56 Å². The summed E-state index contributed by atoms with van der Waals surface area (Å²) in [6, 6.07) is 20.6. The zero-order valence-corrected chi connectivity index (χ0v) is 20.5. The highest BCUT2D eigenvalue weighted by Crippen LogP contribution is 2.56. The van der Waals surface area contributed by atoms with Crippen LogP contribution in [0.4, 0.5) is 0 Å². The first-order chi connectivity index (χ1) is 16.4. The first-order valence-electron chi connectivity index (χ1n) is 12.8. The number of fused-ring (bicyclic) bond motifs is 1. The molecule has 2 aromatic carbocycles. The van der Waals surface area contributed by atoms with E-state index in [2.05, 4.69) is 59.7 Å². The highest BCUT2D eigenvalue weighted by Gasteiger charge is 2.68. The summed E-state index contributed by atoms with van der Waals surface area (Å²) in [5.41, 5.74) is 1.68. The fourth-order valence-corrected chi connectivity index (χ4v) is 7.13. The van der Waals surface area contributed by atoms with E-state index < -0.39 is 5.54 Å². The van der Waals surface area contributed by atoms with Crippen LogP contribution in [0.3, 0.4) is 0 Å². The minimum Gasteiger partial charge on any atom is -0.350 e. The summed E-state index contributed by atoms with van der Waals surface area (Å²) in [6.45, 7) is 8.51. The van der Waals surface area contributed by atoms with E-state index in [1.807, 2.05) is 30.3 Å². The molecule has 4 fully saturated rings. The van der Waals surface area contributed by atoms with Crippen LogP contribution in [-0.2, 0) is 22.7 Å². The summed E-state index contributed by atoms with van der Waals surface area (Å²) in [4.78, 5) is 29.4. The van der Waals surface area contributed by atoms with Crippen molar-refractivity contribution < 1.29 is 9.59 Å². The second-order valence-electron chi connectivity index (χ2n) is 11.1. The Morgan fingerprint density at radius 2 is 1.71 bits per heavy atom. The average molecular weight is 460 g/mol. The van der Waals surface area contributed by atoms with Crippen LogP contribution in [0.1, 0.15) is 44.7 Å². The lowest BCUT2D eigenvalue weighted by molar-refractivity contribution is -0.147. The van der Waals surface area contributed by atoms with Crippen molar-refractivity contribution in [1.29, 1.82) is 0 Å². The van der Waals surface area contributed by atoms with Crippen molar-refractivity contribution in [3.05, 3.63) is 71.8 Å². The third-order valence-electron chi connectivity index (χ3n) is 8.35. The zero-order chi connectivity index (χ0) is 23.9. The normalized spacial score (nSPS) is 32.2. The maximum absolute atomic E-state index is 14.0. The molecule has 2 N–H and O–H groups in total. The van der Waals surface area contributed by atoms with E-state index in [0.717, 1.165) is 31.5 Å². The van der Waals surface area contributed by atoms with Gasteiger partial charge in [0, 0.05) is 37.5 Å². The molecule has 180 valence electrons. The molecular formula is C29H37N3O2. The molecule has 6 rings (SSSR count). The molecule has 0 spiro atoms. The number of nitrogens with zero attached hydrogens (tertiary/aromatic N) is 1. The lowest BCUT2D eigenvalue weighted by atomic mass is 9.55. The Balaban J connectivity index is 1.48. The Kier molecular flexibility index (Phi) is 6.34. The highest BCUT2D eigenvalue weighted by molar-refractivity contribution is 5.90. The molecule has 0 radical (unpaired) electrons. The van der Waals surface area contributed by atoms with Crippen LogP contribution in [0.15, 0.2) is 60.7 Å². The molecule has 6 atom stereocenters. The van der Waals surface area contributed by atoms with Crippen molar-refractivity contribution in [2.75, 3.05) is 6.54 Å². The van der Waals surface area contributed by atoms with Gasteiger partial charge in [-0.25, -0.2) is 0 Å². The van der Waals surface area contributed by atoms with Gasteiger partial charge in [0.15, 0.2) is 0 Å². The molecule has 4 aliphatic rings. The van der Waals surface area contributed by atoms with E-state index in [-0.39, 0.29) is 35.6 Å². The molecule has 4 bridgehead atoms. The van der Waals surface area contributed by atoms with Gasteiger partial charge < -0.3 is 5.32 Å². The Morgan fingerprint density at radius 1 is 1.06 bits per heavy atom. The van der Waals surface area contributed by atoms with Gasteiger partial charge in [-0.15, -0.1) is 0 Å². The number of piperidine rings is 2. The van der Waals surface area contributed by atoms with Gasteiger partial charge in [-0.05, 0) is 42.7 Å². The summed E-state index contributed by atoms with van der Waals surface area (Å²) in [7, 11) is 0. The highest BCUT2D eigenvalue weighted by atomic mass is 16.2. The second-order valence-corrected chi connectivity index (χ2v) is 11.1. The third-order valence-corrected chi connectivity index (χ3v) is 8.35. The van der Waals surface area contributed by atoms with Crippen LogP contribution in [-0.4, -0.2) is 40.8 Å². The number of benzene rings is 2. The van der Waals surface area contributed by atoms with Gasteiger partial charge >= 0.3 is 0 Å². The topological polar surface area (TPSA) is 61.4 Å². The summed E-state index contributed by atoms with van der Waals surface area (Å²) in [6.07, 6.45) is 1.77. The van der Waals surface area contributed by atoms with Gasteiger partial charge in [-0.2, -0.15) is 0 Å². The Morgan fingerprint density at radius 3 is 2.32 bits per heavy atom. The number of hydrogen-bond donors (Lipinski definition) is 2. The molecule has 3 saturated heterocycles. The first-order valence-corrected chi connectivity index (χ1v) is 12.8. The summed E-state index contributed by atoms with van der Waals surface area (Å²) < 4.78 is 0. The second kappa shape index (κ2) is 9.27. The van der Waals surface area contributed by atoms with Crippen LogP contribution >= 0.6 is 0 Å². The number of nitrogens with one attached hydrogen (secondary N) is 2. The lowest BCUT2D eigenvalue weighted by Crippen LogP contribution is -2.78. The summed E-state index contributed by atoms with van der Waals surface area (Å²) in [5, 5.41) is 6.90. The van der Waals surface area contributed by atoms with E-state index in [9.17, 15) is 9.59 Å². The quantitative estimate of drug-likeness (QED) is 0.631. The number of hydrogen-bond acceptors (Lipinski definition) is 4. The standard InChI is InChI=1S/C29H37N3O2/c1-19(2)14-24-27-25-23(18-32(27)17-22-12-8-5-9-13-22)15-29(24,31-26(25)20(3)33)28(34)30-16-21-10-6-4-7-11-21/h4-13,19,23-27,31H,14-18H2,1-3H3,(H,30,34)/t23-,24-,25+,26?,27-,29+/m1/s1. The Hall–Kier alpha value is -2.50. The monoisotopic (exact) mass is 459 g/mol. The van der Waals surface area contributed by atoms with Crippen LogP contribution in [0.25, 0.3) is 0 Å². The number of Topliss-reactive ketones (excluding diaryl/α,β-unsaturated/α-hetero) is 1. The fourth-order valence-electron chi connectivity index (χ4n) is 7.13. The van der Waals surface area contributed by atoms with Crippen molar-refractivity contribution in [2.24, 2.45) is 23.7 Å². The number of ketones is 1. The molecule has 1 unspecified atom stereocenters. The number of carbonyl (C=O) groups excluding carboxylic acids is 2. The molecule has 2 aromatic rings. The molecular weight excluding hydrogens is 422 g/mol. The van der Waals surface area contributed by atoms with E-state index >= 15 is 0 Å². The summed E-state index contributed by atoms with van der Waals surface area (Å²) in [5.74, 6) is 1.49. The molecule has 1 aliphatic carbocycles. The fraction of sp³-hybridized carbons (Fsp3) is 0.517. The first kappa shape index (κ1) is 23.3. The van der Waals surface area contributed by atoms with E-state index in [0.29, 0.717) is 18.4 Å². The molecule has 1 saturated carbocycles. The molecule has 1 amide bonds. The predicted octanol–water partition coefficient (Wildman–Crippen LogP) is 3.79. The molecule has 34 heavy (non-hydrogen) atoms. The van der Waals surface area contributed by atoms with Gasteiger partial charge in [0.2, 0.25) is 5.91 Å². The number of carbonyl (C=O) groups is 2. The minimum atomic E-state index is -0.703. The predicted molar refractivity (Wildman–Crippen MR) is 134 cm³/mol. The van der Waals surface area contributed by atoms with Crippen molar-refractivity contribution in [3.8, 4) is 0 Å². The van der Waals surface area contributed by atoms with Crippen LogP contribution in [0, 0.1) is 23.7 Å². The summed E-state index contributed by atoms with van der Waals surface area (Å²) >= 11 is 0. The smallest absolute Gasteiger partial charge is 0.240 e. The molecule has 5 nitrogen and oxygen atoms in total. The number of rotatable bonds is 8. The third kappa shape index (κ3) is 4.09. The SMILES string of the molecule is CC(=O)C1N[C@@]2(C(=O)NCc3ccccc3)C[C@@H]3CN(Cc4ccccc4)[C@@H]([C@H]13)[C@H]2CC(C)C. The van der Waals surface area contributed by atoms with Gasteiger partial charge in [-0.3, -0.25) is 19.8 Å². The van der Waals surface area contributed by atoms with Crippen LogP contribution < -0.4 is 10.6 Å². The zero-order valence-electron chi connectivity index (χ0n) is 20.5. The maximum Gasteiger partial charge on any atom is 0.240 e. The lowest BCUT2D eigenvalue weighted by Gasteiger charge is -2.59. The maximum atomic E-state index is 14.0. The number of likely N-dealkylation sites (tertiary alicyclic amines) is 1. The average Bonchev–Trinajstić information content (AvgIpc) is 3.13.